The molecule has 0 radical (unpaired) electrons. The normalized spacial score (nSPS) is 12.9. The molecule has 0 aliphatic heterocycles. The van der Waals surface area contributed by atoms with Gasteiger partial charge in [-0.2, -0.15) is 0 Å². The van der Waals surface area contributed by atoms with Crippen molar-refractivity contribution in [3.8, 4) is 0 Å². The highest BCUT2D eigenvalue weighted by Gasteiger charge is 2.19. The molecule has 1 unspecified atom stereocenters. The minimum absolute atomic E-state index is 0.376. The van der Waals surface area contributed by atoms with E-state index in [4.69, 9.17) is 4.74 Å². The van der Waals surface area contributed by atoms with Gasteiger partial charge in [-0.25, -0.2) is 0 Å². The number of ether oxygens (including phenoxy) is 1. The highest BCUT2D eigenvalue weighted by Crippen LogP contribution is 2.31. The van der Waals surface area contributed by atoms with Crippen LogP contribution < -0.4 is 0 Å². The van der Waals surface area contributed by atoms with Crippen LogP contribution in [0.25, 0.3) is 11.3 Å². The maximum Gasteiger partial charge on any atom is 0.133 e. The number of aliphatic hydroxyl groups excluding tert-OH is 1. The molecule has 0 bridgehead atoms. The van der Waals surface area contributed by atoms with Crippen LogP contribution in [0.4, 0.5) is 0 Å². The fraction of sp³-hybridized carbons (Fsp3) is 0.143. The molecule has 2 nitrogen and oxygen atoms in total. The van der Waals surface area contributed by atoms with Crippen molar-refractivity contribution in [2.24, 2.45) is 0 Å². The zero-order chi connectivity index (χ0) is 16.5. The molecule has 0 spiro atoms. The summed E-state index contributed by atoms with van der Waals surface area (Å²) >= 11 is 0. The first-order chi connectivity index (χ1) is 11.3. The highest BCUT2D eigenvalue weighted by molar-refractivity contribution is 5.89. The van der Waals surface area contributed by atoms with Crippen molar-refractivity contribution >= 4 is 11.3 Å². The first-order valence-electron chi connectivity index (χ1n) is 7.65. The van der Waals surface area contributed by atoms with Gasteiger partial charge >= 0.3 is 0 Å². The van der Waals surface area contributed by atoms with E-state index in [0.29, 0.717) is 18.8 Å². The van der Waals surface area contributed by atoms with E-state index in [1.54, 1.807) is 12.2 Å². The average molecular weight is 306 g/mol. The van der Waals surface area contributed by atoms with Crippen molar-refractivity contribution in [3.63, 3.8) is 0 Å². The lowest BCUT2D eigenvalue weighted by molar-refractivity contribution is 0.231. The Balaban J connectivity index is 2.62. The molecular formula is C21H22O2. The summed E-state index contributed by atoms with van der Waals surface area (Å²) in [6.45, 7) is 7.82. The average Bonchev–Trinajstić information content (AvgIpc) is 2.60. The van der Waals surface area contributed by atoms with Crippen LogP contribution in [0.1, 0.15) is 17.5 Å². The Morgan fingerprint density at radius 2 is 1.48 bits per heavy atom. The van der Waals surface area contributed by atoms with E-state index in [0.717, 1.165) is 16.7 Å². The van der Waals surface area contributed by atoms with Crippen LogP contribution in [-0.4, -0.2) is 17.8 Å². The maximum atomic E-state index is 10.7. The van der Waals surface area contributed by atoms with E-state index in [1.807, 2.05) is 60.7 Å². The first kappa shape index (κ1) is 16.8. The van der Waals surface area contributed by atoms with Gasteiger partial charge in [-0.05, 0) is 12.0 Å². The molecule has 0 aromatic heterocycles. The van der Waals surface area contributed by atoms with E-state index in [2.05, 4.69) is 13.2 Å². The van der Waals surface area contributed by atoms with Gasteiger partial charge in [-0.15, -0.1) is 6.58 Å². The second-order valence-corrected chi connectivity index (χ2v) is 5.11. The third kappa shape index (κ3) is 4.44. The summed E-state index contributed by atoms with van der Waals surface area (Å²) in [5, 5.41) is 10.7. The SMILES string of the molecule is C=CCO/C(=C(/c1ccccc1)C(O)CC=C)c1ccccc1. The first-order valence-corrected chi connectivity index (χ1v) is 7.65. The van der Waals surface area contributed by atoms with E-state index in [-0.39, 0.29) is 0 Å². The number of aliphatic hydroxyl groups is 1. The summed E-state index contributed by atoms with van der Waals surface area (Å²) in [5.41, 5.74) is 2.62. The Hall–Kier alpha value is -2.58. The maximum absolute atomic E-state index is 10.7. The number of benzene rings is 2. The third-order valence-electron chi connectivity index (χ3n) is 3.43. The van der Waals surface area contributed by atoms with Crippen LogP contribution in [0, 0.1) is 0 Å². The Morgan fingerprint density at radius 1 is 0.913 bits per heavy atom. The van der Waals surface area contributed by atoms with E-state index < -0.39 is 6.10 Å². The van der Waals surface area contributed by atoms with E-state index >= 15 is 0 Å². The molecular weight excluding hydrogens is 284 g/mol. The predicted octanol–water partition coefficient (Wildman–Crippen LogP) is 4.69. The lowest BCUT2D eigenvalue weighted by Crippen LogP contribution is -2.12. The van der Waals surface area contributed by atoms with Crippen molar-refractivity contribution in [2.75, 3.05) is 6.61 Å². The lowest BCUT2D eigenvalue weighted by atomic mass is 9.94. The Kier molecular flexibility index (Phi) is 6.40. The number of hydrogen-bond acceptors (Lipinski definition) is 2. The molecule has 0 saturated carbocycles. The molecule has 0 aliphatic rings. The molecule has 0 aliphatic carbocycles. The van der Waals surface area contributed by atoms with Crippen molar-refractivity contribution in [1.29, 1.82) is 0 Å². The van der Waals surface area contributed by atoms with E-state index in [9.17, 15) is 5.11 Å². The summed E-state index contributed by atoms with van der Waals surface area (Å²) < 4.78 is 5.93. The van der Waals surface area contributed by atoms with Gasteiger partial charge in [0.25, 0.3) is 0 Å². The molecule has 0 heterocycles. The van der Waals surface area contributed by atoms with Gasteiger partial charge in [-0.1, -0.05) is 79.4 Å². The van der Waals surface area contributed by atoms with Gasteiger partial charge in [0, 0.05) is 11.1 Å². The number of hydrogen-bond donors (Lipinski definition) is 1. The van der Waals surface area contributed by atoms with Gasteiger partial charge < -0.3 is 9.84 Å². The largest absolute Gasteiger partial charge is 0.489 e. The Morgan fingerprint density at radius 3 is 2.00 bits per heavy atom. The molecule has 118 valence electrons. The summed E-state index contributed by atoms with van der Waals surface area (Å²) in [5.74, 6) is 0.672. The molecule has 2 aromatic rings. The molecule has 23 heavy (non-hydrogen) atoms. The molecule has 0 amide bonds. The minimum atomic E-state index is -0.685. The summed E-state index contributed by atoms with van der Waals surface area (Å²) in [4.78, 5) is 0. The fourth-order valence-corrected chi connectivity index (χ4v) is 2.42. The molecule has 0 saturated heterocycles. The monoisotopic (exact) mass is 306 g/mol. The zero-order valence-electron chi connectivity index (χ0n) is 13.2. The zero-order valence-corrected chi connectivity index (χ0v) is 13.2. The second-order valence-electron chi connectivity index (χ2n) is 5.11. The van der Waals surface area contributed by atoms with Gasteiger partial charge in [-0.3, -0.25) is 0 Å². The van der Waals surface area contributed by atoms with Crippen molar-refractivity contribution in [1.82, 2.24) is 0 Å². The minimum Gasteiger partial charge on any atom is -0.489 e. The van der Waals surface area contributed by atoms with Crippen molar-refractivity contribution in [3.05, 3.63) is 97.1 Å². The molecule has 0 fully saturated rings. The molecule has 2 heteroatoms. The standard InChI is InChI=1S/C21H22O2/c1-3-11-19(22)20(17-12-7-5-8-13-17)21(23-16-4-2)18-14-9-6-10-15-18/h3-10,12-15,19,22H,1-2,11,16H2/b21-20-. The van der Waals surface area contributed by atoms with Crippen LogP contribution in [-0.2, 0) is 4.74 Å². The Labute approximate surface area is 138 Å². The van der Waals surface area contributed by atoms with Crippen LogP contribution in [0.3, 0.4) is 0 Å². The van der Waals surface area contributed by atoms with Crippen LogP contribution in [0.2, 0.25) is 0 Å². The molecule has 2 aromatic carbocycles. The van der Waals surface area contributed by atoms with Gasteiger partial charge in [0.2, 0.25) is 0 Å². The molecule has 1 atom stereocenters. The predicted molar refractivity (Wildman–Crippen MR) is 96.7 cm³/mol. The van der Waals surface area contributed by atoms with E-state index in [1.165, 1.54) is 0 Å². The van der Waals surface area contributed by atoms with Gasteiger partial charge in [0.1, 0.15) is 12.4 Å². The molecule has 2 rings (SSSR count). The van der Waals surface area contributed by atoms with Crippen molar-refractivity contribution in [2.45, 2.75) is 12.5 Å². The third-order valence-corrected chi connectivity index (χ3v) is 3.43. The summed E-state index contributed by atoms with van der Waals surface area (Å²) in [7, 11) is 0. The second kappa shape index (κ2) is 8.76. The topological polar surface area (TPSA) is 29.5 Å². The fourth-order valence-electron chi connectivity index (χ4n) is 2.42. The van der Waals surface area contributed by atoms with Gasteiger partial charge in [0.05, 0.1) is 6.10 Å². The quantitative estimate of drug-likeness (QED) is 0.435. The van der Waals surface area contributed by atoms with Gasteiger partial charge in [0.15, 0.2) is 0 Å². The smallest absolute Gasteiger partial charge is 0.133 e. The summed E-state index contributed by atoms with van der Waals surface area (Å²) in [6.07, 6.45) is 3.18. The summed E-state index contributed by atoms with van der Waals surface area (Å²) in [6, 6.07) is 19.6. The highest BCUT2D eigenvalue weighted by atomic mass is 16.5. The Bertz CT molecular complexity index is 657. The van der Waals surface area contributed by atoms with Crippen LogP contribution in [0.5, 0.6) is 0 Å². The lowest BCUT2D eigenvalue weighted by Gasteiger charge is -2.20. The van der Waals surface area contributed by atoms with Crippen LogP contribution in [0.15, 0.2) is 86.0 Å². The number of rotatable bonds is 8. The van der Waals surface area contributed by atoms with Crippen LogP contribution >= 0.6 is 0 Å². The molecule has 1 N–H and O–H groups in total. The van der Waals surface area contributed by atoms with Crippen molar-refractivity contribution < 1.29 is 9.84 Å².